The molecule has 5 nitrogen and oxygen atoms in total. The van der Waals surface area contributed by atoms with Crippen molar-refractivity contribution in [1.82, 2.24) is 10.6 Å². The normalized spacial score (nSPS) is 12.1. The molecule has 0 spiro atoms. The van der Waals surface area contributed by atoms with Gasteiger partial charge in [0.2, 0.25) is 5.91 Å². The van der Waals surface area contributed by atoms with Gasteiger partial charge in [-0.1, -0.05) is 6.07 Å². The Labute approximate surface area is 113 Å². The molecule has 19 heavy (non-hydrogen) atoms. The van der Waals surface area contributed by atoms with Crippen molar-refractivity contribution in [2.24, 2.45) is 0 Å². The SMILES string of the molecule is Cc1c(N)cccc1C(=O)NC(C)C(=O)NC(C)C. The van der Waals surface area contributed by atoms with Gasteiger partial charge in [-0.2, -0.15) is 0 Å². The maximum Gasteiger partial charge on any atom is 0.252 e. The Hall–Kier alpha value is -2.04. The van der Waals surface area contributed by atoms with E-state index >= 15 is 0 Å². The maximum absolute atomic E-state index is 12.1. The number of hydrogen-bond acceptors (Lipinski definition) is 3. The van der Waals surface area contributed by atoms with Gasteiger partial charge < -0.3 is 16.4 Å². The van der Waals surface area contributed by atoms with Gasteiger partial charge in [0.05, 0.1) is 0 Å². The van der Waals surface area contributed by atoms with Gasteiger partial charge in [-0.25, -0.2) is 0 Å². The van der Waals surface area contributed by atoms with Crippen molar-refractivity contribution >= 4 is 17.5 Å². The predicted molar refractivity (Wildman–Crippen MR) is 75.8 cm³/mol. The number of nitrogens with one attached hydrogen (secondary N) is 2. The highest BCUT2D eigenvalue weighted by Crippen LogP contribution is 2.15. The number of rotatable bonds is 4. The summed E-state index contributed by atoms with van der Waals surface area (Å²) >= 11 is 0. The van der Waals surface area contributed by atoms with Crippen LogP contribution < -0.4 is 16.4 Å². The third-order valence-corrected chi connectivity index (χ3v) is 2.79. The summed E-state index contributed by atoms with van der Waals surface area (Å²) in [5, 5.41) is 5.41. The molecule has 0 heterocycles. The molecule has 0 fully saturated rings. The van der Waals surface area contributed by atoms with Crippen LogP contribution in [0.3, 0.4) is 0 Å². The van der Waals surface area contributed by atoms with Gasteiger partial charge in [-0.05, 0) is 45.4 Å². The smallest absolute Gasteiger partial charge is 0.252 e. The van der Waals surface area contributed by atoms with E-state index in [1.54, 1.807) is 32.0 Å². The second-order valence-corrected chi connectivity index (χ2v) is 4.88. The maximum atomic E-state index is 12.1. The molecule has 5 heteroatoms. The average Bonchev–Trinajstić information content (AvgIpc) is 2.31. The lowest BCUT2D eigenvalue weighted by Gasteiger charge is -2.17. The zero-order valence-electron chi connectivity index (χ0n) is 11.8. The first-order valence-electron chi connectivity index (χ1n) is 6.29. The Morgan fingerprint density at radius 1 is 1.16 bits per heavy atom. The third kappa shape index (κ3) is 3.98. The molecule has 1 aromatic carbocycles. The number of benzene rings is 1. The highest BCUT2D eigenvalue weighted by atomic mass is 16.2. The predicted octanol–water partition coefficient (Wildman–Crippen LogP) is 1.22. The second-order valence-electron chi connectivity index (χ2n) is 4.88. The van der Waals surface area contributed by atoms with Gasteiger partial charge >= 0.3 is 0 Å². The van der Waals surface area contributed by atoms with E-state index in [2.05, 4.69) is 10.6 Å². The molecule has 1 aromatic rings. The molecule has 0 radical (unpaired) electrons. The summed E-state index contributed by atoms with van der Waals surface area (Å²) in [6, 6.07) is 4.60. The van der Waals surface area contributed by atoms with Crippen molar-refractivity contribution in [2.75, 3.05) is 5.73 Å². The fourth-order valence-corrected chi connectivity index (χ4v) is 1.65. The molecule has 1 rings (SSSR count). The largest absolute Gasteiger partial charge is 0.398 e. The lowest BCUT2D eigenvalue weighted by atomic mass is 10.1. The summed E-state index contributed by atoms with van der Waals surface area (Å²) in [7, 11) is 0. The van der Waals surface area contributed by atoms with Gasteiger partial charge in [-0.3, -0.25) is 9.59 Å². The Morgan fingerprint density at radius 3 is 2.37 bits per heavy atom. The molecule has 4 N–H and O–H groups in total. The van der Waals surface area contributed by atoms with Crippen LogP contribution in [0.15, 0.2) is 18.2 Å². The van der Waals surface area contributed by atoms with Gasteiger partial charge in [0, 0.05) is 17.3 Å². The van der Waals surface area contributed by atoms with Crippen LogP contribution in [-0.4, -0.2) is 23.9 Å². The molecule has 0 aliphatic rings. The van der Waals surface area contributed by atoms with E-state index in [9.17, 15) is 9.59 Å². The van der Waals surface area contributed by atoms with Crippen LogP contribution >= 0.6 is 0 Å². The van der Waals surface area contributed by atoms with Crippen molar-refractivity contribution in [2.45, 2.75) is 39.8 Å². The number of carbonyl (C=O) groups excluding carboxylic acids is 2. The zero-order valence-corrected chi connectivity index (χ0v) is 11.8. The first-order chi connectivity index (χ1) is 8.82. The standard InChI is InChI=1S/C14H21N3O2/c1-8(2)16-13(18)10(4)17-14(19)11-6-5-7-12(15)9(11)3/h5-8,10H,15H2,1-4H3,(H,16,18)(H,17,19). The number of amides is 2. The van der Waals surface area contributed by atoms with Crippen molar-refractivity contribution in [3.05, 3.63) is 29.3 Å². The number of carbonyl (C=O) groups is 2. The monoisotopic (exact) mass is 263 g/mol. The number of nitrogens with two attached hydrogens (primary N) is 1. The third-order valence-electron chi connectivity index (χ3n) is 2.79. The molecule has 2 amide bonds. The molecule has 0 aliphatic carbocycles. The van der Waals surface area contributed by atoms with E-state index in [4.69, 9.17) is 5.73 Å². The van der Waals surface area contributed by atoms with Gasteiger partial charge in [-0.15, -0.1) is 0 Å². The van der Waals surface area contributed by atoms with Crippen LogP contribution in [0.2, 0.25) is 0 Å². The van der Waals surface area contributed by atoms with Crippen LogP contribution in [-0.2, 0) is 4.79 Å². The molecule has 104 valence electrons. The van der Waals surface area contributed by atoms with Crippen LogP contribution in [0.1, 0.15) is 36.7 Å². The van der Waals surface area contributed by atoms with Gasteiger partial charge in [0.15, 0.2) is 0 Å². The molecule has 0 aliphatic heterocycles. The van der Waals surface area contributed by atoms with Crippen LogP contribution in [0.5, 0.6) is 0 Å². The van der Waals surface area contributed by atoms with Crippen LogP contribution in [0.4, 0.5) is 5.69 Å². The molecule has 0 bridgehead atoms. The first-order valence-corrected chi connectivity index (χ1v) is 6.29. The Bertz CT molecular complexity index is 484. The highest BCUT2D eigenvalue weighted by molar-refractivity contribution is 5.99. The zero-order chi connectivity index (χ0) is 14.6. The Balaban J connectivity index is 2.74. The fourth-order valence-electron chi connectivity index (χ4n) is 1.65. The fraction of sp³-hybridized carbons (Fsp3) is 0.429. The van der Waals surface area contributed by atoms with Crippen molar-refractivity contribution in [3.8, 4) is 0 Å². The summed E-state index contributed by atoms with van der Waals surface area (Å²) in [6.45, 7) is 7.17. The Morgan fingerprint density at radius 2 is 1.79 bits per heavy atom. The van der Waals surface area contributed by atoms with Crippen LogP contribution in [0.25, 0.3) is 0 Å². The lowest BCUT2D eigenvalue weighted by Crippen LogP contribution is -2.46. The molecule has 1 unspecified atom stereocenters. The van der Waals surface area contributed by atoms with Gasteiger partial charge in [0.1, 0.15) is 6.04 Å². The lowest BCUT2D eigenvalue weighted by molar-refractivity contribution is -0.123. The molecule has 0 saturated carbocycles. The first kappa shape index (κ1) is 15.0. The Kier molecular flexibility index (Phi) is 4.92. The summed E-state index contributed by atoms with van der Waals surface area (Å²) in [5.41, 5.74) is 7.53. The minimum absolute atomic E-state index is 0.0426. The van der Waals surface area contributed by atoms with Crippen molar-refractivity contribution in [1.29, 1.82) is 0 Å². The number of anilines is 1. The van der Waals surface area contributed by atoms with E-state index < -0.39 is 6.04 Å². The minimum Gasteiger partial charge on any atom is -0.398 e. The summed E-state index contributed by atoms with van der Waals surface area (Å²) < 4.78 is 0. The van der Waals surface area contributed by atoms with Crippen LogP contribution in [0, 0.1) is 6.92 Å². The van der Waals surface area contributed by atoms with E-state index in [1.807, 2.05) is 13.8 Å². The van der Waals surface area contributed by atoms with Crippen molar-refractivity contribution in [3.63, 3.8) is 0 Å². The number of hydrogen-bond donors (Lipinski definition) is 3. The summed E-state index contributed by atoms with van der Waals surface area (Å²) in [5.74, 6) is -0.499. The second kappa shape index (κ2) is 6.22. The molecule has 1 atom stereocenters. The van der Waals surface area contributed by atoms with E-state index in [0.717, 1.165) is 5.56 Å². The summed E-state index contributed by atoms with van der Waals surface area (Å²) in [4.78, 5) is 23.8. The highest BCUT2D eigenvalue weighted by Gasteiger charge is 2.18. The van der Waals surface area contributed by atoms with E-state index in [1.165, 1.54) is 0 Å². The van der Waals surface area contributed by atoms with Gasteiger partial charge in [0.25, 0.3) is 5.91 Å². The molecular formula is C14H21N3O2. The molecule has 0 saturated heterocycles. The van der Waals surface area contributed by atoms with E-state index in [0.29, 0.717) is 11.3 Å². The quantitative estimate of drug-likeness (QED) is 0.714. The molecular weight excluding hydrogens is 242 g/mol. The molecule has 0 aromatic heterocycles. The average molecular weight is 263 g/mol. The summed E-state index contributed by atoms with van der Waals surface area (Å²) in [6.07, 6.45) is 0. The minimum atomic E-state index is -0.587. The van der Waals surface area contributed by atoms with Crippen molar-refractivity contribution < 1.29 is 9.59 Å². The topological polar surface area (TPSA) is 84.2 Å². The number of nitrogen functional groups attached to an aromatic ring is 1. The van der Waals surface area contributed by atoms with E-state index in [-0.39, 0.29) is 17.9 Å².